The lowest BCUT2D eigenvalue weighted by Gasteiger charge is -2.13. The molecule has 0 radical (unpaired) electrons. The maximum atomic E-state index is 11.5. The fourth-order valence-electron chi connectivity index (χ4n) is 1.70. The van der Waals surface area contributed by atoms with Gasteiger partial charge in [-0.3, -0.25) is 4.79 Å². The van der Waals surface area contributed by atoms with E-state index in [1.807, 2.05) is 44.2 Å². The number of ether oxygens (including phenoxy) is 1. The molecule has 0 amide bonds. The molecule has 0 spiro atoms. The molecule has 18 heavy (non-hydrogen) atoms. The summed E-state index contributed by atoms with van der Waals surface area (Å²) in [6, 6.07) is 7.82. The molecular formula is C15H21NO2. The fourth-order valence-corrected chi connectivity index (χ4v) is 1.70. The van der Waals surface area contributed by atoms with Crippen molar-refractivity contribution >= 4 is 11.7 Å². The number of benzene rings is 1. The number of carbonyl (C=O) groups is 1. The van der Waals surface area contributed by atoms with Gasteiger partial charge in [-0.15, -0.1) is 0 Å². The van der Waals surface area contributed by atoms with Crippen LogP contribution in [0.4, 0.5) is 5.69 Å². The van der Waals surface area contributed by atoms with Crippen molar-refractivity contribution in [3.63, 3.8) is 0 Å². The molecule has 1 aromatic carbocycles. The Morgan fingerprint density at radius 2 is 2.06 bits per heavy atom. The quantitative estimate of drug-likeness (QED) is 0.782. The van der Waals surface area contributed by atoms with E-state index < -0.39 is 0 Å². The van der Waals surface area contributed by atoms with E-state index >= 15 is 0 Å². The number of carbonyl (C=O) groups excluding carboxylic acids is 1. The summed E-state index contributed by atoms with van der Waals surface area (Å²) in [5.41, 5.74) is 3.08. The van der Waals surface area contributed by atoms with Crippen molar-refractivity contribution in [3.05, 3.63) is 41.6 Å². The Morgan fingerprint density at radius 3 is 2.67 bits per heavy atom. The predicted molar refractivity (Wildman–Crippen MR) is 74.4 cm³/mol. The summed E-state index contributed by atoms with van der Waals surface area (Å²) in [5, 5.41) is 3.35. The zero-order valence-corrected chi connectivity index (χ0v) is 11.3. The fraction of sp³-hybridized carbons (Fsp3) is 0.400. The summed E-state index contributed by atoms with van der Waals surface area (Å²) in [6.07, 6.45) is 3.28. The molecule has 1 rings (SSSR count). The lowest BCUT2D eigenvalue weighted by atomic mass is 10.1. The van der Waals surface area contributed by atoms with Crippen LogP contribution in [0.3, 0.4) is 0 Å². The molecule has 0 aliphatic rings. The van der Waals surface area contributed by atoms with Crippen LogP contribution in [0.25, 0.3) is 0 Å². The molecule has 0 saturated carbocycles. The van der Waals surface area contributed by atoms with Crippen LogP contribution in [0.5, 0.6) is 0 Å². The molecule has 0 heterocycles. The van der Waals surface area contributed by atoms with Gasteiger partial charge in [0.05, 0.1) is 13.0 Å². The number of nitrogens with one attached hydrogen (secondary N) is 1. The first-order valence-corrected chi connectivity index (χ1v) is 6.37. The van der Waals surface area contributed by atoms with Gasteiger partial charge in [0.15, 0.2) is 0 Å². The Balaban J connectivity index is 2.82. The molecule has 0 aromatic heterocycles. The van der Waals surface area contributed by atoms with Gasteiger partial charge in [0.2, 0.25) is 0 Å². The molecule has 3 heteroatoms. The van der Waals surface area contributed by atoms with Crippen LogP contribution in [-0.4, -0.2) is 12.6 Å². The Kier molecular flexibility index (Phi) is 5.98. The summed E-state index contributed by atoms with van der Waals surface area (Å²) in [5.74, 6) is -0.190. The second kappa shape index (κ2) is 7.54. The monoisotopic (exact) mass is 247 g/mol. The Labute approximate surface area is 109 Å². The third kappa shape index (κ3) is 4.24. The molecule has 3 nitrogen and oxygen atoms in total. The summed E-state index contributed by atoms with van der Waals surface area (Å²) < 4.78 is 4.98. The van der Waals surface area contributed by atoms with Gasteiger partial charge in [0.1, 0.15) is 0 Å². The number of esters is 1. The number of hydrogen-bond donors (Lipinski definition) is 1. The third-order valence-electron chi connectivity index (χ3n) is 2.68. The summed E-state index contributed by atoms with van der Waals surface area (Å²) in [4.78, 5) is 11.5. The highest BCUT2D eigenvalue weighted by atomic mass is 16.5. The van der Waals surface area contributed by atoms with Gasteiger partial charge >= 0.3 is 5.97 Å². The SMILES string of the molecule is C/C=C(\CC)Nc1ccccc1CC(=O)OCC. The van der Waals surface area contributed by atoms with Gasteiger partial charge in [-0.1, -0.05) is 31.2 Å². The van der Waals surface area contributed by atoms with Crippen LogP contribution >= 0.6 is 0 Å². The van der Waals surface area contributed by atoms with Gasteiger partial charge in [0, 0.05) is 11.4 Å². The average molecular weight is 247 g/mol. The van der Waals surface area contributed by atoms with Crippen molar-refractivity contribution in [1.82, 2.24) is 0 Å². The highest BCUT2D eigenvalue weighted by Gasteiger charge is 2.08. The number of rotatable bonds is 6. The molecule has 0 aliphatic carbocycles. The number of allylic oxidation sites excluding steroid dienone is 2. The van der Waals surface area contributed by atoms with Gasteiger partial charge in [-0.05, 0) is 31.9 Å². The Hall–Kier alpha value is -1.77. The molecule has 0 fully saturated rings. The van der Waals surface area contributed by atoms with E-state index in [4.69, 9.17) is 4.74 Å². The van der Waals surface area contributed by atoms with Crippen molar-refractivity contribution in [2.24, 2.45) is 0 Å². The Bertz CT molecular complexity index is 424. The van der Waals surface area contributed by atoms with Crippen molar-refractivity contribution < 1.29 is 9.53 Å². The second-order valence-corrected chi connectivity index (χ2v) is 3.93. The van der Waals surface area contributed by atoms with Gasteiger partial charge in [-0.25, -0.2) is 0 Å². The molecule has 0 aliphatic heterocycles. The zero-order chi connectivity index (χ0) is 13.4. The largest absolute Gasteiger partial charge is 0.466 e. The smallest absolute Gasteiger partial charge is 0.310 e. The first kappa shape index (κ1) is 14.3. The van der Waals surface area contributed by atoms with Gasteiger partial charge < -0.3 is 10.1 Å². The summed E-state index contributed by atoms with van der Waals surface area (Å²) >= 11 is 0. The van der Waals surface area contributed by atoms with Gasteiger partial charge in [0.25, 0.3) is 0 Å². The molecule has 0 atom stereocenters. The lowest BCUT2D eigenvalue weighted by molar-refractivity contribution is -0.142. The molecule has 0 saturated heterocycles. The lowest BCUT2D eigenvalue weighted by Crippen LogP contribution is -2.10. The van der Waals surface area contributed by atoms with Gasteiger partial charge in [-0.2, -0.15) is 0 Å². The van der Waals surface area contributed by atoms with Crippen molar-refractivity contribution in [2.45, 2.75) is 33.6 Å². The minimum absolute atomic E-state index is 0.190. The normalized spacial score (nSPS) is 11.2. The highest BCUT2D eigenvalue weighted by molar-refractivity contribution is 5.75. The van der Waals surface area contributed by atoms with Crippen molar-refractivity contribution in [2.75, 3.05) is 11.9 Å². The Morgan fingerprint density at radius 1 is 1.33 bits per heavy atom. The predicted octanol–water partition coefficient (Wildman–Crippen LogP) is 3.52. The summed E-state index contributed by atoms with van der Waals surface area (Å²) in [6.45, 7) is 6.33. The molecule has 1 N–H and O–H groups in total. The topological polar surface area (TPSA) is 38.3 Å². The highest BCUT2D eigenvalue weighted by Crippen LogP contribution is 2.19. The van der Waals surface area contributed by atoms with E-state index in [1.54, 1.807) is 0 Å². The summed E-state index contributed by atoms with van der Waals surface area (Å²) in [7, 11) is 0. The minimum Gasteiger partial charge on any atom is -0.466 e. The first-order chi connectivity index (χ1) is 8.71. The minimum atomic E-state index is -0.190. The van der Waals surface area contributed by atoms with E-state index in [1.165, 1.54) is 0 Å². The number of hydrogen-bond acceptors (Lipinski definition) is 3. The van der Waals surface area contributed by atoms with E-state index in [-0.39, 0.29) is 5.97 Å². The molecule has 0 bridgehead atoms. The van der Waals surface area contributed by atoms with Crippen LogP contribution in [0.2, 0.25) is 0 Å². The second-order valence-electron chi connectivity index (χ2n) is 3.93. The van der Waals surface area contributed by atoms with Crippen molar-refractivity contribution in [1.29, 1.82) is 0 Å². The maximum Gasteiger partial charge on any atom is 0.310 e. The number of anilines is 1. The van der Waals surface area contributed by atoms with E-state index in [9.17, 15) is 4.79 Å². The molecule has 0 unspecified atom stereocenters. The number of para-hydroxylation sites is 1. The van der Waals surface area contributed by atoms with Crippen molar-refractivity contribution in [3.8, 4) is 0 Å². The first-order valence-electron chi connectivity index (χ1n) is 6.37. The van der Waals surface area contributed by atoms with E-state index in [0.717, 1.165) is 23.4 Å². The molecule has 98 valence electrons. The van der Waals surface area contributed by atoms with E-state index in [2.05, 4.69) is 12.2 Å². The maximum absolute atomic E-state index is 11.5. The third-order valence-corrected chi connectivity index (χ3v) is 2.68. The standard InChI is InChI=1S/C15H21NO2/c1-4-13(5-2)16-14-10-8-7-9-12(14)11-15(17)18-6-3/h4,7-10,16H,5-6,11H2,1-3H3/b13-4+. The van der Waals surface area contributed by atoms with Crippen LogP contribution in [-0.2, 0) is 16.0 Å². The van der Waals surface area contributed by atoms with Crippen LogP contribution in [0.15, 0.2) is 36.0 Å². The molecule has 1 aromatic rings. The molecular weight excluding hydrogens is 226 g/mol. The van der Waals surface area contributed by atoms with Crippen LogP contribution in [0, 0.1) is 0 Å². The van der Waals surface area contributed by atoms with Crippen LogP contribution < -0.4 is 5.32 Å². The van der Waals surface area contributed by atoms with Crippen LogP contribution in [0.1, 0.15) is 32.8 Å². The van der Waals surface area contributed by atoms with E-state index in [0.29, 0.717) is 13.0 Å². The zero-order valence-electron chi connectivity index (χ0n) is 11.3. The average Bonchev–Trinajstić information content (AvgIpc) is 2.38.